The Morgan fingerprint density at radius 3 is 2.71 bits per heavy atom. The summed E-state index contributed by atoms with van der Waals surface area (Å²) in [4.78, 5) is 12.8. The van der Waals surface area contributed by atoms with Crippen LogP contribution in [-0.4, -0.2) is 11.1 Å². The van der Waals surface area contributed by atoms with E-state index in [4.69, 9.17) is 0 Å². The molecule has 1 fully saturated rings. The minimum Gasteiger partial charge on any atom is -0.481 e. The number of carboxylic acid groups (broad SMARTS) is 1. The maximum atomic E-state index is 11.6. The maximum absolute atomic E-state index is 11.6. The van der Waals surface area contributed by atoms with Crippen molar-refractivity contribution in [2.75, 3.05) is 0 Å². The summed E-state index contributed by atoms with van der Waals surface area (Å²) >= 11 is 5.15. The molecule has 0 radical (unpaired) electrons. The first-order valence-electron chi connectivity index (χ1n) is 5.99. The number of rotatable bonds is 3. The van der Waals surface area contributed by atoms with Gasteiger partial charge in [-0.3, -0.25) is 4.79 Å². The van der Waals surface area contributed by atoms with Crippen LogP contribution >= 0.6 is 27.3 Å². The molecule has 1 aromatic rings. The van der Waals surface area contributed by atoms with E-state index in [2.05, 4.69) is 22.9 Å². The van der Waals surface area contributed by atoms with Crippen LogP contribution in [0.15, 0.2) is 15.9 Å². The summed E-state index contributed by atoms with van der Waals surface area (Å²) in [6.07, 6.45) is 4.37. The Morgan fingerprint density at radius 1 is 1.59 bits per heavy atom. The van der Waals surface area contributed by atoms with Crippen LogP contribution in [0.5, 0.6) is 0 Å². The monoisotopic (exact) mass is 316 g/mol. The molecule has 0 unspecified atom stereocenters. The highest BCUT2D eigenvalue weighted by atomic mass is 79.9. The summed E-state index contributed by atoms with van der Waals surface area (Å²) in [5, 5.41) is 11.6. The fourth-order valence-corrected chi connectivity index (χ4v) is 4.18. The van der Waals surface area contributed by atoms with Crippen molar-refractivity contribution < 1.29 is 9.90 Å². The molecule has 0 amide bonds. The molecule has 0 saturated heterocycles. The molecule has 0 aromatic carbocycles. The lowest BCUT2D eigenvalue weighted by Gasteiger charge is -2.35. The Bertz CT molecular complexity index is 405. The van der Waals surface area contributed by atoms with Crippen LogP contribution in [0.1, 0.15) is 37.5 Å². The molecule has 1 heterocycles. The molecule has 94 valence electrons. The van der Waals surface area contributed by atoms with E-state index in [9.17, 15) is 9.90 Å². The summed E-state index contributed by atoms with van der Waals surface area (Å²) in [6.45, 7) is 2.22. The molecular weight excluding hydrogens is 300 g/mol. The summed E-state index contributed by atoms with van der Waals surface area (Å²) in [7, 11) is 0. The lowest BCUT2D eigenvalue weighted by Crippen LogP contribution is -2.36. The molecule has 17 heavy (non-hydrogen) atoms. The van der Waals surface area contributed by atoms with Gasteiger partial charge in [0.15, 0.2) is 0 Å². The van der Waals surface area contributed by atoms with Gasteiger partial charge in [-0.25, -0.2) is 0 Å². The zero-order chi connectivity index (χ0) is 12.5. The second-order valence-corrected chi connectivity index (χ2v) is 6.99. The Labute approximate surface area is 114 Å². The van der Waals surface area contributed by atoms with Gasteiger partial charge in [-0.15, -0.1) is 11.3 Å². The number of hydrogen-bond acceptors (Lipinski definition) is 2. The van der Waals surface area contributed by atoms with Crippen LogP contribution in [0.2, 0.25) is 0 Å². The molecule has 0 aliphatic heterocycles. The Balaban J connectivity index is 2.18. The molecule has 1 aromatic heterocycles. The Hall–Kier alpha value is -0.350. The number of aliphatic carboxylic acids is 1. The number of thiophene rings is 1. The van der Waals surface area contributed by atoms with Gasteiger partial charge < -0.3 is 5.11 Å². The van der Waals surface area contributed by atoms with E-state index in [0.29, 0.717) is 12.3 Å². The highest BCUT2D eigenvalue weighted by Gasteiger charge is 2.41. The zero-order valence-corrected chi connectivity index (χ0v) is 12.3. The van der Waals surface area contributed by atoms with Gasteiger partial charge in [0.25, 0.3) is 0 Å². The number of halogens is 1. The Kier molecular flexibility index (Phi) is 3.93. The van der Waals surface area contributed by atoms with Gasteiger partial charge in [-0.05, 0) is 65.4 Å². The van der Waals surface area contributed by atoms with Gasteiger partial charge in [-0.1, -0.05) is 6.92 Å². The lowest BCUT2D eigenvalue weighted by molar-refractivity contribution is -0.151. The average Bonchev–Trinajstić information content (AvgIpc) is 2.68. The largest absolute Gasteiger partial charge is 0.481 e. The predicted molar refractivity (Wildman–Crippen MR) is 73.4 cm³/mol. The van der Waals surface area contributed by atoms with E-state index in [1.165, 1.54) is 4.88 Å². The fraction of sp³-hybridized carbons (Fsp3) is 0.615. The van der Waals surface area contributed by atoms with E-state index in [-0.39, 0.29) is 0 Å². The fourth-order valence-electron chi connectivity index (χ4n) is 2.54. The smallest absolute Gasteiger partial charge is 0.309 e. The molecule has 1 saturated carbocycles. The highest BCUT2D eigenvalue weighted by Crippen LogP contribution is 2.43. The van der Waals surface area contributed by atoms with Crippen molar-refractivity contribution in [1.29, 1.82) is 0 Å². The van der Waals surface area contributed by atoms with Gasteiger partial charge in [0, 0.05) is 9.35 Å². The molecule has 4 heteroatoms. The minimum atomic E-state index is -0.621. The average molecular weight is 317 g/mol. The lowest BCUT2D eigenvalue weighted by atomic mass is 9.69. The summed E-state index contributed by atoms with van der Waals surface area (Å²) < 4.78 is 1.06. The minimum absolute atomic E-state index is 0.528. The van der Waals surface area contributed by atoms with Gasteiger partial charge in [-0.2, -0.15) is 0 Å². The van der Waals surface area contributed by atoms with E-state index in [1.54, 1.807) is 11.3 Å². The molecule has 1 N–H and O–H groups in total. The van der Waals surface area contributed by atoms with Crippen molar-refractivity contribution in [1.82, 2.24) is 0 Å². The van der Waals surface area contributed by atoms with Crippen molar-refractivity contribution in [2.24, 2.45) is 11.3 Å². The van der Waals surface area contributed by atoms with Crippen LogP contribution in [0, 0.1) is 11.3 Å². The normalized spacial score (nSPS) is 29.2. The second kappa shape index (κ2) is 5.11. The SMILES string of the molecule is CC1CCC(Cc2sccc2Br)(C(=O)O)CC1. The maximum Gasteiger partial charge on any atom is 0.309 e. The van der Waals surface area contributed by atoms with Gasteiger partial charge in [0.1, 0.15) is 0 Å². The molecule has 1 aliphatic rings. The van der Waals surface area contributed by atoms with E-state index in [0.717, 1.165) is 30.2 Å². The number of carbonyl (C=O) groups is 1. The van der Waals surface area contributed by atoms with Gasteiger partial charge in [0.2, 0.25) is 0 Å². The van der Waals surface area contributed by atoms with Gasteiger partial charge in [0.05, 0.1) is 5.41 Å². The third-order valence-corrected chi connectivity index (χ3v) is 5.80. The van der Waals surface area contributed by atoms with Crippen LogP contribution in [0.3, 0.4) is 0 Å². The molecule has 0 spiro atoms. The van der Waals surface area contributed by atoms with Gasteiger partial charge >= 0.3 is 5.97 Å². The van der Waals surface area contributed by atoms with Crippen LogP contribution < -0.4 is 0 Å². The first-order valence-corrected chi connectivity index (χ1v) is 7.66. The molecule has 1 aliphatic carbocycles. The summed E-state index contributed by atoms with van der Waals surface area (Å²) in [5.74, 6) is 0.0546. The van der Waals surface area contributed by atoms with Crippen molar-refractivity contribution in [3.63, 3.8) is 0 Å². The highest BCUT2D eigenvalue weighted by molar-refractivity contribution is 9.10. The van der Waals surface area contributed by atoms with E-state index in [1.807, 2.05) is 11.4 Å². The van der Waals surface area contributed by atoms with Crippen LogP contribution in [0.25, 0.3) is 0 Å². The molecule has 0 atom stereocenters. The molecule has 0 bridgehead atoms. The third kappa shape index (κ3) is 2.74. The standard InChI is InChI=1S/C13H17BrO2S/c1-9-2-5-13(6-3-9,12(15)16)8-11-10(14)4-7-17-11/h4,7,9H,2-3,5-6,8H2,1H3,(H,15,16). The number of hydrogen-bond donors (Lipinski definition) is 1. The predicted octanol–water partition coefficient (Wildman–Crippen LogP) is 4.33. The van der Waals surface area contributed by atoms with Crippen molar-refractivity contribution >= 4 is 33.2 Å². The molecular formula is C13H17BrO2S. The molecule has 2 rings (SSSR count). The van der Waals surface area contributed by atoms with Crippen molar-refractivity contribution in [2.45, 2.75) is 39.0 Å². The first-order chi connectivity index (χ1) is 8.03. The van der Waals surface area contributed by atoms with Crippen LogP contribution in [-0.2, 0) is 11.2 Å². The first kappa shape index (κ1) is 13.1. The third-order valence-electron chi connectivity index (χ3n) is 3.88. The Morgan fingerprint density at radius 2 is 2.24 bits per heavy atom. The molecule has 2 nitrogen and oxygen atoms in total. The van der Waals surface area contributed by atoms with Crippen molar-refractivity contribution in [3.05, 3.63) is 20.8 Å². The number of carboxylic acids is 1. The van der Waals surface area contributed by atoms with E-state index < -0.39 is 11.4 Å². The zero-order valence-electron chi connectivity index (χ0n) is 9.91. The van der Waals surface area contributed by atoms with Crippen molar-refractivity contribution in [3.8, 4) is 0 Å². The summed E-state index contributed by atoms with van der Waals surface area (Å²) in [5.41, 5.74) is -0.528. The van der Waals surface area contributed by atoms with E-state index >= 15 is 0 Å². The summed E-state index contributed by atoms with van der Waals surface area (Å²) in [6, 6.07) is 2.00. The second-order valence-electron chi connectivity index (χ2n) is 5.14. The topological polar surface area (TPSA) is 37.3 Å². The quantitative estimate of drug-likeness (QED) is 0.901. The van der Waals surface area contributed by atoms with Crippen LogP contribution in [0.4, 0.5) is 0 Å².